The van der Waals surface area contributed by atoms with Gasteiger partial charge in [-0.05, 0) is 18.2 Å². The molecule has 0 spiro atoms. The van der Waals surface area contributed by atoms with Gasteiger partial charge in [0.1, 0.15) is 0 Å². The van der Waals surface area contributed by atoms with E-state index in [0.717, 1.165) is 28.6 Å². The molecule has 1 aliphatic rings. The van der Waals surface area contributed by atoms with Gasteiger partial charge < -0.3 is 4.74 Å². The highest BCUT2D eigenvalue weighted by molar-refractivity contribution is 9.10. The molecule has 0 unspecified atom stereocenters. The summed E-state index contributed by atoms with van der Waals surface area (Å²) in [5.74, 6) is 0. The van der Waals surface area contributed by atoms with Gasteiger partial charge in [0.15, 0.2) is 0 Å². The van der Waals surface area contributed by atoms with Crippen LogP contribution in [0.25, 0.3) is 6.08 Å². The van der Waals surface area contributed by atoms with Gasteiger partial charge in [-0.2, -0.15) is 0 Å². The molecule has 4 heteroatoms. The minimum Gasteiger partial charge on any atom is -0.468 e. The van der Waals surface area contributed by atoms with Crippen LogP contribution in [0.15, 0.2) is 33.2 Å². The van der Waals surface area contributed by atoms with E-state index in [4.69, 9.17) is 4.74 Å². The fourth-order valence-electron chi connectivity index (χ4n) is 1.71. The Hall–Kier alpha value is -1.42. The van der Waals surface area contributed by atoms with Gasteiger partial charge in [0.25, 0.3) is 6.47 Å². The van der Waals surface area contributed by atoms with E-state index in [1.165, 1.54) is 5.57 Å². The SMILES string of the molecule is O=COCCC1=Cc2cc(Br)ccc2N=CC1. The maximum atomic E-state index is 10.1. The van der Waals surface area contributed by atoms with Gasteiger partial charge in [-0.25, -0.2) is 0 Å². The van der Waals surface area contributed by atoms with E-state index in [1.54, 1.807) is 0 Å². The smallest absolute Gasteiger partial charge is 0.293 e. The highest BCUT2D eigenvalue weighted by atomic mass is 79.9. The zero-order chi connectivity index (χ0) is 12.1. The molecule has 17 heavy (non-hydrogen) atoms. The van der Waals surface area contributed by atoms with Gasteiger partial charge in [0.2, 0.25) is 0 Å². The summed E-state index contributed by atoms with van der Waals surface area (Å²) in [6.07, 6.45) is 5.55. The normalized spacial score (nSPS) is 13.6. The summed E-state index contributed by atoms with van der Waals surface area (Å²) in [7, 11) is 0. The second kappa shape index (κ2) is 5.77. The lowest BCUT2D eigenvalue weighted by Crippen LogP contribution is -1.94. The van der Waals surface area contributed by atoms with Gasteiger partial charge in [0, 0.05) is 29.1 Å². The number of fused-ring (bicyclic) bond motifs is 1. The third-order valence-electron chi connectivity index (χ3n) is 2.54. The Morgan fingerprint density at radius 3 is 3.18 bits per heavy atom. The topological polar surface area (TPSA) is 38.7 Å². The van der Waals surface area contributed by atoms with Gasteiger partial charge in [-0.1, -0.05) is 27.6 Å². The molecule has 0 fully saturated rings. The molecule has 0 aromatic heterocycles. The molecular weight excluding hydrogens is 282 g/mol. The summed E-state index contributed by atoms with van der Waals surface area (Å²) >= 11 is 3.45. The van der Waals surface area contributed by atoms with Crippen LogP contribution in [0.5, 0.6) is 0 Å². The molecule has 0 atom stereocenters. The Morgan fingerprint density at radius 1 is 1.47 bits per heavy atom. The number of hydrogen-bond donors (Lipinski definition) is 0. The van der Waals surface area contributed by atoms with Gasteiger partial charge in [-0.15, -0.1) is 0 Å². The molecule has 2 rings (SSSR count). The number of rotatable bonds is 4. The van der Waals surface area contributed by atoms with Crippen molar-refractivity contribution in [3.05, 3.63) is 33.8 Å². The Morgan fingerprint density at radius 2 is 2.35 bits per heavy atom. The van der Waals surface area contributed by atoms with Gasteiger partial charge >= 0.3 is 0 Å². The Balaban J connectivity index is 2.20. The fraction of sp³-hybridized carbons (Fsp3) is 0.231. The van der Waals surface area contributed by atoms with E-state index < -0.39 is 0 Å². The average molecular weight is 294 g/mol. The summed E-state index contributed by atoms with van der Waals surface area (Å²) in [5.41, 5.74) is 3.28. The zero-order valence-electron chi connectivity index (χ0n) is 9.23. The first-order chi connectivity index (χ1) is 8.29. The molecule has 3 nitrogen and oxygen atoms in total. The Kier molecular flexibility index (Phi) is 4.09. The van der Waals surface area contributed by atoms with Gasteiger partial charge in [-0.3, -0.25) is 9.79 Å². The largest absolute Gasteiger partial charge is 0.468 e. The number of nitrogens with zero attached hydrogens (tertiary/aromatic N) is 1. The van der Waals surface area contributed by atoms with Crippen molar-refractivity contribution in [2.45, 2.75) is 12.8 Å². The van der Waals surface area contributed by atoms with Crippen molar-refractivity contribution < 1.29 is 9.53 Å². The summed E-state index contributed by atoms with van der Waals surface area (Å²) in [6.45, 7) is 0.905. The van der Waals surface area contributed by atoms with E-state index in [-0.39, 0.29) is 0 Å². The molecule has 0 amide bonds. The monoisotopic (exact) mass is 293 g/mol. The molecule has 1 aromatic rings. The fourth-order valence-corrected chi connectivity index (χ4v) is 2.09. The molecule has 0 saturated heterocycles. The quantitative estimate of drug-likeness (QED) is 0.629. The predicted molar refractivity (Wildman–Crippen MR) is 71.5 cm³/mol. The molecule has 0 radical (unpaired) electrons. The Labute approximate surface area is 108 Å². The zero-order valence-corrected chi connectivity index (χ0v) is 10.8. The number of carbonyl (C=O) groups excluding carboxylic acids is 1. The first-order valence-corrected chi connectivity index (χ1v) is 6.15. The summed E-state index contributed by atoms with van der Waals surface area (Å²) < 4.78 is 5.75. The molecule has 1 heterocycles. The molecule has 0 saturated carbocycles. The maximum Gasteiger partial charge on any atom is 0.293 e. The number of halogens is 1. The highest BCUT2D eigenvalue weighted by Gasteiger charge is 2.06. The van der Waals surface area contributed by atoms with E-state index in [2.05, 4.69) is 27.0 Å². The highest BCUT2D eigenvalue weighted by Crippen LogP contribution is 2.28. The minimum atomic E-state index is 0.423. The molecule has 1 aromatic carbocycles. The first-order valence-electron chi connectivity index (χ1n) is 5.36. The lowest BCUT2D eigenvalue weighted by atomic mass is 10.1. The molecule has 0 aliphatic carbocycles. The molecular formula is C13H12BrNO2. The first kappa shape index (κ1) is 12.0. The van der Waals surface area contributed by atoms with Crippen molar-refractivity contribution in [1.82, 2.24) is 0 Å². The second-order valence-corrected chi connectivity index (χ2v) is 4.65. The van der Waals surface area contributed by atoms with Crippen LogP contribution in [0.1, 0.15) is 18.4 Å². The van der Waals surface area contributed by atoms with Crippen LogP contribution in [0.2, 0.25) is 0 Å². The Bertz CT molecular complexity index is 480. The van der Waals surface area contributed by atoms with Crippen molar-refractivity contribution in [3.63, 3.8) is 0 Å². The van der Waals surface area contributed by atoms with Crippen LogP contribution in [-0.4, -0.2) is 19.3 Å². The number of ether oxygens (including phenoxy) is 1. The average Bonchev–Trinajstić information content (AvgIpc) is 2.50. The van der Waals surface area contributed by atoms with Crippen molar-refractivity contribution in [1.29, 1.82) is 0 Å². The molecule has 0 bridgehead atoms. The van der Waals surface area contributed by atoms with E-state index >= 15 is 0 Å². The maximum absolute atomic E-state index is 10.1. The van der Waals surface area contributed by atoms with E-state index in [1.807, 2.05) is 24.4 Å². The third-order valence-corrected chi connectivity index (χ3v) is 3.04. The predicted octanol–water partition coefficient (Wildman–Crippen LogP) is 3.50. The number of benzene rings is 1. The van der Waals surface area contributed by atoms with Crippen molar-refractivity contribution in [2.24, 2.45) is 4.99 Å². The van der Waals surface area contributed by atoms with Crippen LogP contribution in [0, 0.1) is 0 Å². The molecule has 88 valence electrons. The number of aliphatic imine (C=N–C) groups is 1. The molecule has 0 N–H and O–H groups in total. The number of hydrogen-bond acceptors (Lipinski definition) is 3. The number of carbonyl (C=O) groups is 1. The van der Waals surface area contributed by atoms with Crippen molar-refractivity contribution in [2.75, 3.05) is 6.61 Å². The van der Waals surface area contributed by atoms with Crippen LogP contribution in [0.4, 0.5) is 5.69 Å². The van der Waals surface area contributed by atoms with Crippen molar-refractivity contribution >= 4 is 40.4 Å². The van der Waals surface area contributed by atoms with Crippen LogP contribution in [-0.2, 0) is 9.53 Å². The standard InChI is InChI=1S/C13H12BrNO2/c14-12-1-2-13-11(8-12)7-10(3-5-15-13)4-6-17-9-16/h1-2,5,7-9H,3-4,6H2. The van der Waals surface area contributed by atoms with E-state index in [0.29, 0.717) is 13.1 Å². The minimum absolute atomic E-state index is 0.423. The van der Waals surface area contributed by atoms with Crippen LogP contribution >= 0.6 is 15.9 Å². The summed E-state index contributed by atoms with van der Waals surface area (Å²) in [5, 5.41) is 0. The molecule has 1 aliphatic heterocycles. The second-order valence-electron chi connectivity index (χ2n) is 3.74. The lowest BCUT2D eigenvalue weighted by molar-refractivity contribution is -0.128. The van der Waals surface area contributed by atoms with Crippen LogP contribution < -0.4 is 0 Å². The van der Waals surface area contributed by atoms with E-state index in [9.17, 15) is 4.79 Å². The summed E-state index contributed by atoms with van der Waals surface area (Å²) in [6, 6.07) is 6.00. The van der Waals surface area contributed by atoms with Gasteiger partial charge in [0.05, 0.1) is 12.3 Å². The van der Waals surface area contributed by atoms with Crippen molar-refractivity contribution in [3.8, 4) is 0 Å². The van der Waals surface area contributed by atoms with Crippen LogP contribution in [0.3, 0.4) is 0 Å². The lowest BCUT2D eigenvalue weighted by Gasteiger charge is -2.03. The third kappa shape index (κ3) is 3.27. The summed E-state index contributed by atoms with van der Waals surface area (Å²) in [4.78, 5) is 14.5.